The summed E-state index contributed by atoms with van der Waals surface area (Å²) in [5.74, 6) is 0.191. The molecular formula is C26H33N3O3. The lowest BCUT2D eigenvalue weighted by Crippen LogP contribution is -2.44. The highest BCUT2D eigenvalue weighted by Crippen LogP contribution is 2.35. The van der Waals surface area contributed by atoms with Crippen LogP contribution in [0.5, 0.6) is 5.75 Å². The van der Waals surface area contributed by atoms with Crippen LogP contribution in [0.1, 0.15) is 54.1 Å². The van der Waals surface area contributed by atoms with Gasteiger partial charge in [-0.3, -0.25) is 9.59 Å². The van der Waals surface area contributed by atoms with E-state index < -0.39 is 6.04 Å². The second-order valence-corrected chi connectivity index (χ2v) is 9.00. The van der Waals surface area contributed by atoms with Crippen molar-refractivity contribution in [3.05, 3.63) is 64.2 Å². The number of nitrogens with two attached hydrogens (primary N) is 1. The summed E-state index contributed by atoms with van der Waals surface area (Å²) >= 11 is 0. The molecule has 0 aromatic heterocycles. The number of phenols is 1. The minimum absolute atomic E-state index is 0.186. The lowest BCUT2D eigenvalue weighted by Gasteiger charge is -2.36. The van der Waals surface area contributed by atoms with Crippen LogP contribution in [-0.2, 0) is 16.0 Å². The Morgan fingerprint density at radius 1 is 1.22 bits per heavy atom. The first-order chi connectivity index (χ1) is 15.1. The number of hydrogen-bond donors (Lipinski definition) is 3. The standard InChI is InChI=1S/C26H33N3O3/c1-15(2)7-6-8-23(30)29-12-11-19-9-10-20(27)14-21(19)24(29)26(32)28-22-13-16(3)25(31)18(5)17(22)4/h6,8-10,13-15,24,31H,7,11-12,27H2,1-5H3,(H,28,32)/b8-6+. The molecule has 170 valence electrons. The van der Waals surface area contributed by atoms with Gasteiger partial charge < -0.3 is 21.1 Å². The van der Waals surface area contributed by atoms with Crippen LogP contribution in [0.3, 0.4) is 0 Å². The summed E-state index contributed by atoms with van der Waals surface area (Å²) in [6.07, 6.45) is 4.90. The summed E-state index contributed by atoms with van der Waals surface area (Å²) in [5.41, 5.74) is 11.2. The molecule has 0 saturated carbocycles. The molecule has 0 spiro atoms. The SMILES string of the molecule is Cc1cc(NC(=O)C2c3cc(N)ccc3CCN2C(=O)/C=C/CC(C)C)c(C)c(C)c1O. The molecule has 1 aliphatic heterocycles. The van der Waals surface area contributed by atoms with Gasteiger partial charge in [-0.2, -0.15) is 0 Å². The maximum atomic E-state index is 13.6. The van der Waals surface area contributed by atoms with Crippen molar-refractivity contribution in [3.63, 3.8) is 0 Å². The lowest BCUT2D eigenvalue weighted by atomic mass is 9.91. The minimum atomic E-state index is -0.785. The molecule has 4 N–H and O–H groups in total. The highest BCUT2D eigenvalue weighted by atomic mass is 16.3. The van der Waals surface area contributed by atoms with Crippen LogP contribution in [0, 0.1) is 26.7 Å². The average Bonchev–Trinajstić information content (AvgIpc) is 2.74. The van der Waals surface area contributed by atoms with Gasteiger partial charge in [0.2, 0.25) is 5.91 Å². The van der Waals surface area contributed by atoms with Crippen LogP contribution < -0.4 is 11.1 Å². The van der Waals surface area contributed by atoms with Crippen LogP contribution >= 0.6 is 0 Å². The Bertz CT molecular complexity index is 1070. The number of nitrogen functional groups attached to an aromatic ring is 1. The molecule has 32 heavy (non-hydrogen) atoms. The lowest BCUT2D eigenvalue weighted by molar-refractivity contribution is -0.135. The summed E-state index contributed by atoms with van der Waals surface area (Å²) in [7, 11) is 0. The summed E-state index contributed by atoms with van der Waals surface area (Å²) in [6.45, 7) is 10.1. The Kier molecular flexibility index (Phi) is 6.92. The van der Waals surface area contributed by atoms with Crippen LogP contribution in [0.25, 0.3) is 0 Å². The first-order valence-electron chi connectivity index (χ1n) is 11.1. The molecule has 0 fully saturated rings. The van der Waals surface area contributed by atoms with Crippen molar-refractivity contribution in [2.24, 2.45) is 5.92 Å². The van der Waals surface area contributed by atoms with E-state index in [2.05, 4.69) is 19.2 Å². The third-order valence-corrected chi connectivity index (χ3v) is 6.11. The number of phenolic OH excluding ortho intramolecular Hbond substituents is 1. The molecule has 2 aromatic rings. The molecule has 0 bridgehead atoms. The number of aryl methyl sites for hydroxylation is 1. The van der Waals surface area contributed by atoms with Gasteiger partial charge in [0.1, 0.15) is 11.8 Å². The maximum Gasteiger partial charge on any atom is 0.251 e. The highest BCUT2D eigenvalue weighted by Gasteiger charge is 2.35. The second kappa shape index (κ2) is 9.47. The summed E-state index contributed by atoms with van der Waals surface area (Å²) in [4.78, 5) is 28.2. The van der Waals surface area contributed by atoms with Gasteiger partial charge in [0, 0.05) is 17.9 Å². The van der Waals surface area contributed by atoms with E-state index in [-0.39, 0.29) is 17.6 Å². The molecule has 1 heterocycles. The molecule has 2 aromatic carbocycles. The Hall–Kier alpha value is -3.28. The highest BCUT2D eigenvalue weighted by molar-refractivity contribution is 6.01. The maximum absolute atomic E-state index is 13.6. The zero-order valence-corrected chi connectivity index (χ0v) is 19.5. The number of fused-ring (bicyclic) bond motifs is 1. The van der Waals surface area contributed by atoms with Gasteiger partial charge in [0.05, 0.1) is 0 Å². The van der Waals surface area contributed by atoms with E-state index in [0.717, 1.165) is 28.7 Å². The number of hydrogen-bond acceptors (Lipinski definition) is 4. The molecule has 2 amide bonds. The molecule has 0 saturated heterocycles. The van der Waals surface area contributed by atoms with Crippen molar-refractivity contribution in [2.45, 2.75) is 53.5 Å². The van der Waals surface area contributed by atoms with Gasteiger partial charge in [0.15, 0.2) is 0 Å². The van der Waals surface area contributed by atoms with Crippen molar-refractivity contribution >= 4 is 23.2 Å². The smallest absolute Gasteiger partial charge is 0.251 e. The van der Waals surface area contributed by atoms with Gasteiger partial charge in [-0.15, -0.1) is 0 Å². The second-order valence-electron chi connectivity index (χ2n) is 9.00. The molecule has 1 atom stereocenters. The fourth-order valence-electron chi connectivity index (χ4n) is 4.09. The summed E-state index contributed by atoms with van der Waals surface area (Å²) < 4.78 is 0. The number of nitrogens with one attached hydrogen (secondary N) is 1. The van der Waals surface area contributed by atoms with Crippen molar-refractivity contribution in [3.8, 4) is 5.75 Å². The number of amides is 2. The number of nitrogens with zero attached hydrogens (tertiary/aromatic N) is 1. The number of allylic oxidation sites excluding steroid dienone is 1. The number of rotatable bonds is 5. The fourth-order valence-corrected chi connectivity index (χ4v) is 4.09. The van der Waals surface area contributed by atoms with E-state index >= 15 is 0 Å². The molecule has 1 aliphatic rings. The predicted molar refractivity (Wildman–Crippen MR) is 129 cm³/mol. The third-order valence-electron chi connectivity index (χ3n) is 6.11. The topological polar surface area (TPSA) is 95.7 Å². The van der Waals surface area contributed by atoms with Crippen molar-refractivity contribution < 1.29 is 14.7 Å². The molecule has 3 rings (SSSR count). The largest absolute Gasteiger partial charge is 0.507 e. The molecule has 0 aliphatic carbocycles. The van der Waals surface area contributed by atoms with Crippen LogP contribution in [0.15, 0.2) is 36.4 Å². The Morgan fingerprint density at radius 2 is 1.94 bits per heavy atom. The molecule has 1 unspecified atom stereocenters. The zero-order valence-electron chi connectivity index (χ0n) is 19.5. The number of carbonyl (C=O) groups is 2. The van der Waals surface area contributed by atoms with Crippen LogP contribution in [0.2, 0.25) is 0 Å². The Morgan fingerprint density at radius 3 is 2.62 bits per heavy atom. The summed E-state index contributed by atoms with van der Waals surface area (Å²) in [5, 5.41) is 13.2. The quantitative estimate of drug-likeness (QED) is 0.364. The average molecular weight is 436 g/mol. The van der Waals surface area contributed by atoms with E-state index in [1.165, 1.54) is 0 Å². The van der Waals surface area contributed by atoms with Crippen molar-refractivity contribution in [1.82, 2.24) is 4.90 Å². The number of benzene rings is 2. The van der Waals surface area contributed by atoms with Gasteiger partial charge in [0.25, 0.3) is 5.91 Å². The minimum Gasteiger partial charge on any atom is -0.507 e. The van der Waals surface area contributed by atoms with Gasteiger partial charge in [-0.1, -0.05) is 26.0 Å². The van der Waals surface area contributed by atoms with Gasteiger partial charge in [-0.05, 0) is 91.6 Å². The first-order valence-corrected chi connectivity index (χ1v) is 11.1. The van der Waals surface area contributed by atoms with E-state index in [1.807, 2.05) is 32.1 Å². The van der Waals surface area contributed by atoms with E-state index in [9.17, 15) is 14.7 Å². The van der Waals surface area contributed by atoms with Gasteiger partial charge in [-0.25, -0.2) is 0 Å². The number of carbonyl (C=O) groups excluding carboxylic acids is 2. The monoisotopic (exact) mass is 435 g/mol. The number of anilines is 2. The molecular weight excluding hydrogens is 402 g/mol. The van der Waals surface area contributed by atoms with E-state index in [1.54, 1.807) is 30.0 Å². The van der Waals surface area contributed by atoms with Crippen molar-refractivity contribution in [1.29, 1.82) is 0 Å². The van der Waals surface area contributed by atoms with Crippen LogP contribution in [0.4, 0.5) is 11.4 Å². The Labute approximate surface area is 190 Å². The van der Waals surface area contributed by atoms with Crippen molar-refractivity contribution in [2.75, 3.05) is 17.6 Å². The van der Waals surface area contributed by atoms with Crippen LogP contribution in [-0.4, -0.2) is 28.4 Å². The fraction of sp³-hybridized carbons (Fsp3) is 0.385. The molecule has 6 heteroatoms. The Balaban J connectivity index is 1.98. The molecule has 6 nitrogen and oxygen atoms in total. The first kappa shape index (κ1) is 23.4. The normalized spacial score (nSPS) is 15.8. The number of aromatic hydroxyl groups is 1. The van der Waals surface area contributed by atoms with E-state index in [0.29, 0.717) is 35.8 Å². The van der Waals surface area contributed by atoms with E-state index in [4.69, 9.17) is 5.73 Å². The van der Waals surface area contributed by atoms with Gasteiger partial charge >= 0.3 is 0 Å². The third kappa shape index (κ3) is 4.79. The zero-order chi connectivity index (χ0) is 23.6. The molecule has 0 radical (unpaired) electrons. The summed E-state index contributed by atoms with van der Waals surface area (Å²) in [6, 6.07) is 6.52. The predicted octanol–water partition coefficient (Wildman–Crippen LogP) is 4.57.